The number of ether oxygens (including phenoxy) is 2. The number of rotatable bonds is 4. The fourth-order valence-electron chi connectivity index (χ4n) is 6.02. The molecule has 3 aliphatic heterocycles. The van der Waals surface area contributed by atoms with E-state index in [0.29, 0.717) is 30.6 Å². The van der Waals surface area contributed by atoms with Crippen LogP contribution in [0.1, 0.15) is 53.6 Å². The molecule has 0 aliphatic carbocycles. The van der Waals surface area contributed by atoms with Crippen LogP contribution in [0.25, 0.3) is 10.9 Å². The van der Waals surface area contributed by atoms with Crippen LogP contribution in [0.4, 0.5) is 0 Å². The van der Waals surface area contributed by atoms with E-state index in [0.717, 1.165) is 68.3 Å². The first kappa shape index (κ1) is 22.1. The summed E-state index contributed by atoms with van der Waals surface area (Å²) >= 11 is 6.35. The molecule has 34 heavy (non-hydrogen) atoms. The summed E-state index contributed by atoms with van der Waals surface area (Å²) in [4.78, 5) is 15.7. The Bertz CT molecular complexity index is 1210. The van der Waals surface area contributed by atoms with Gasteiger partial charge in [0.15, 0.2) is 0 Å². The third kappa shape index (κ3) is 3.94. The van der Waals surface area contributed by atoms with Crippen LogP contribution in [0.3, 0.4) is 0 Å². The van der Waals surface area contributed by atoms with Crippen LogP contribution in [0, 0.1) is 5.92 Å². The van der Waals surface area contributed by atoms with Gasteiger partial charge in [-0.05, 0) is 61.3 Å². The number of amides is 1. The van der Waals surface area contributed by atoms with E-state index in [1.807, 2.05) is 29.3 Å². The van der Waals surface area contributed by atoms with Gasteiger partial charge >= 0.3 is 0 Å². The second-order valence-electron chi connectivity index (χ2n) is 9.97. The Labute approximate surface area is 205 Å². The second kappa shape index (κ2) is 9.03. The Morgan fingerprint density at radius 3 is 2.71 bits per heavy atom. The van der Waals surface area contributed by atoms with E-state index in [-0.39, 0.29) is 11.5 Å². The molecule has 3 aliphatic rings. The van der Waals surface area contributed by atoms with Crippen LogP contribution < -0.4 is 0 Å². The molecule has 178 valence electrons. The van der Waals surface area contributed by atoms with Crippen LogP contribution in [0.2, 0.25) is 5.02 Å². The van der Waals surface area contributed by atoms with Crippen molar-refractivity contribution in [2.45, 2.75) is 50.9 Å². The highest BCUT2D eigenvalue weighted by atomic mass is 35.5. The van der Waals surface area contributed by atoms with Gasteiger partial charge in [-0.2, -0.15) is 0 Å². The summed E-state index contributed by atoms with van der Waals surface area (Å²) in [6.07, 6.45) is 7.05. The highest BCUT2D eigenvalue weighted by Gasteiger charge is 2.43. The summed E-state index contributed by atoms with van der Waals surface area (Å²) in [6.45, 7) is 4.69. The van der Waals surface area contributed by atoms with Gasteiger partial charge in [0.1, 0.15) is 0 Å². The summed E-state index contributed by atoms with van der Waals surface area (Å²) in [7, 11) is 0. The van der Waals surface area contributed by atoms with Crippen molar-refractivity contribution in [2.75, 3.05) is 26.3 Å². The van der Waals surface area contributed by atoms with Gasteiger partial charge in [0.25, 0.3) is 5.91 Å². The Hall–Kier alpha value is -2.34. The molecule has 4 heterocycles. The maximum atomic E-state index is 13.7. The molecule has 6 rings (SSSR count). The van der Waals surface area contributed by atoms with Crippen molar-refractivity contribution in [3.8, 4) is 0 Å². The van der Waals surface area contributed by atoms with Gasteiger partial charge in [-0.1, -0.05) is 41.9 Å². The number of nitrogens with zero attached hydrogens (tertiary/aromatic N) is 2. The molecule has 0 unspecified atom stereocenters. The van der Waals surface area contributed by atoms with Gasteiger partial charge in [-0.3, -0.25) is 4.79 Å². The number of halogens is 1. The molecule has 0 bridgehead atoms. The Balaban J connectivity index is 1.21. The summed E-state index contributed by atoms with van der Waals surface area (Å²) in [5.41, 5.74) is 4.18. The summed E-state index contributed by atoms with van der Waals surface area (Å²) in [5.74, 6) is 0.787. The number of aromatic nitrogens is 1. The van der Waals surface area contributed by atoms with Gasteiger partial charge < -0.3 is 18.9 Å². The van der Waals surface area contributed by atoms with Crippen molar-refractivity contribution in [1.29, 1.82) is 0 Å². The molecule has 2 fully saturated rings. The number of hydrogen-bond acceptors (Lipinski definition) is 3. The molecule has 1 spiro atoms. The quantitative estimate of drug-likeness (QED) is 0.478. The van der Waals surface area contributed by atoms with Crippen molar-refractivity contribution >= 4 is 28.4 Å². The van der Waals surface area contributed by atoms with Gasteiger partial charge in [0.05, 0.1) is 23.3 Å². The van der Waals surface area contributed by atoms with Crippen molar-refractivity contribution in [1.82, 2.24) is 9.47 Å². The first-order chi connectivity index (χ1) is 16.6. The lowest BCUT2D eigenvalue weighted by Crippen LogP contribution is -2.45. The lowest BCUT2D eigenvalue weighted by atomic mass is 9.83. The monoisotopic (exact) mass is 478 g/mol. The Kier molecular flexibility index (Phi) is 5.88. The predicted molar refractivity (Wildman–Crippen MR) is 133 cm³/mol. The highest BCUT2D eigenvalue weighted by Crippen LogP contribution is 2.44. The molecule has 1 amide bonds. The number of likely N-dealkylation sites (tertiary alicyclic amines) is 1. The van der Waals surface area contributed by atoms with Gasteiger partial charge in [0.2, 0.25) is 0 Å². The second-order valence-corrected chi connectivity index (χ2v) is 10.4. The Morgan fingerprint density at radius 2 is 1.88 bits per heavy atom. The zero-order valence-electron chi connectivity index (χ0n) is 19.5. The van der Waals surface area contributed by atoms with E-state index in [4.69, 9.17) is 21.1 Å². The minimum Gasteiger partial charge on any atom is -0.381 e. The van der Waals surface area contributed by atoms with Crippen molar-refractivity contribution < 1.29 is 14.3 Å². The van der Waals surface area contributed by atoms with Crippen LogP contribution in [-0.2, 0) is 28.2 Å². The largest absolute Gasteiger partial charge is 0.381 e. The smallest absolute Gasteiger partial charge is 0.256 e. The standard InChI is InChI=1S/C28H31ClN2O3/c29-22-5-6-23-24(18-31(26(23)17-22)12-7-20-8-15-33-16-9-20)27(32)30-13-10-28(11-14-30)25-4-2-1-3-21(25)19-34-28/h1-6,17-18,20H,7-16,19H2. The molecule has 0 radical (unpaired) electrons. The summed E-state index contributed by atoms with van der Waals surface area (Å²) in [5, 5.41) is 1.69. The molecular formula is C28H31ClN2O3. The molecule has 5 nitrogen and oxygen atoms in total. The molecule has 6 heteroatoms. The SMILES string of the molecule is O=C(c1cn(CCC2CCOCC2)c2cc(Cl)ccc12)N1CCC2(CC1)OCc1ccccc12. The molecule has 0 saturated carbocycles. The normalized spacial score (nSPS) is 20.2. The predicted octanol–water partition coefficient (Wildman–Crippen LogP) is 5.77. The van der Waals surface area contributed by atoms with Crippen molar-refractivity contribution in [3.63, 3.8) is 0 Å². The topological polar surface area (TPSA) is 43.7 Å². The average molecular weight is 479 g/mol. The van der Waals surface area contributed by atoms with Crippen LogP contribution in [-0.4, -0.2) is 41.7 Å². The Morgan fingerprint density at radius 1 is 1.09 bits per heavy atom. The number of fused-ring (bicyclic) bond motifs is 3. The zero-order valence-corrected chi connectivity index (χ0v) is 20.2. The highest BCUT2D eigenvalue weighted by molar-refractivity contribution is 6.31. The average Bonchev–Trinajstić information content (AvgIpc) is 3.42. The molecule has 0 atom stereocenters. The number of hydrogen-bond donors (Lipinski definition) is 0. The lowest BCUT2D eigenvalue weighted by molar-refractivity contribution is -0.0741. The number of carbonyl (C=O) groups is 1. The minimum absolute atomic E-state index is 0.110. The third-order valence-electron chi connectivity index (χ3n) is 8.06. The number of carbonyl (C=O) groups excluding carboxylic acids is 1. The van der Waals surface area contributed by atoms with E-state index in [2.05, 4.69) is 28.8 Å². The van der Waals surface area contributed by atoms with Crippen LogP contribution in [0.15, 0.2) is 48.7 Å². The van der Waals surface area contributed by atoms with E-state index >= 15 is 0 Å². The van der Waals surface area contributed by atoms with E-state index in [9.17, 15) is 4.79 Å². The fraction of sp³-hybridized carbons (Fsp3) is 0.464. The summed E-state index contributed by atoms with van der Waals surface area (Å²) in [6, 6.07) is 14.4. The zero-order chi connectivity index (χ0) is 23.1. The van der Waals surface area contributed by atoms with Gasteiger partial charge in [0, 0.05) is 49.5 Å². The first-order valence-corrected chi connectivity index (χ1v) is 12.9. The number of piperidine rings is 1. The number of aryl methyl sites for hydroxylation is 1. The summed E-state index contributed by atoms with van der Waals surface area (Å²) < 4.78 is 14.0. The number of benzene rings is 2. The molecule has 2 aromatic carbocycles. The van der Waals surface area contributed by atoms with E-state index < -0.39 is 0 Å². The van der Waals surface area contributed by atoms with E-state index in [1.54, 1.807) is 0 Å². The van der Waals surface area contributed by atoms with Crippen LogP contribution >= 0.6 is 11.6 Å². The third-order valence-corrected chi connectivity index (χ3v) is 8.30. The van der Waals surface area contributed by atoms with Crippen molar-refractivity contribution in [3.05, 3.63) is 70.4 Å². The van der Waals surface area contributed by atoms with Gasteiger partial charge in [-0.25, -0.2) is 0 Å². The maximum absolute atomic E-state index is 13.7. The molecule has 0 N–H and O–H groups in total. The lowest BCUT2D eigenvalue weighted by Gasteiger charge is -2.39. The molecule has 3 aromatic rings. The van der Waals surface area contributed by atoms with Gasteiger partial charge in [-0.15, -0.1) is 0 Å². The molecular weight excluding hydrogens is 448 g/mol. The molecule has 1 aromatic heterocycles. The van der Waals surface area contributed by atoms with Crippen molar-refractivity contribution in [2.24, 2.45) is 5.92 Å². The van der Waals surface area contributed by atoms with E-state index in [1.165, 1.54) is 11.1 Å². The maximum Gasteiger partial charge on any atom is 0.256 e. The first-order valence-electron chi connectivity index (χ1n) is 12.5. The fourth-order valence-corrected chi connectivity index (χ4v) is 6.18. The van der Waals surface area contributed by atoms with Crippen LogP contribution in [0.5, 0.6) is 0 Å². The molecule has 2 saturated heterocycles. The minimum atomic E-state index is -0.237.